The van der Waals surface area contributed by atoms with Crippen LogP contribution in [0.1, 0.15) is 46.3 Å². The van der Waals surface area contributed by atoms with Crippen molar-refractivity contribution < 1.29 is 9.90 Å². The number of nitrogens with zero attached hydrogens (tertiary/aromatic N) is 1. The Morgan fingerprint density at radius 2 is 1.68 bits per heavy atom. The van der Waals surface area contributed by atoms with E-state index in [1.54, 1.807) is 23.3 Å². The van der Waals surface area contributed by atoms with E-state index in [2.05, 4.69) is 53.5 Å². The first-order valence-corrected chi connectivity index (χ1v) is 11.9. The third kappa shape index (κ3) is 3.45. The monoisotopic (exact) mass is 443 g/mol. The lowest BCUT2D eigenvalue weighted by Gasteiger charge is -2.18. The number of fused-ring (bicyclic) bond motifs is 8. The average Bonchev–Trinajstić information content (AvgIpc) is 3.27. The van der Waals surface area contributed by atoms with Crippen molar-refractivity contribution in [3.05, 3.63) is 107 Å². The number of carboxylic acid groups (broad SMARTS) is 1. The number of aryl methyl sites for hydroxylation is 2. The summed E-state index contributed by atoms with van der Waals surface area (Å²) in [7, 11) is 0. The minimum Gasteiger partial charge on any atom is -0.478 e. The number of hydrogen-bond donors (Lipinski definition) is 1. The largest absolute Gasteiger partial charge is 0.478 e. The number of carbonyl (C=O) groups is 1. The van der Waals surface area contributed by atoms with Crippen molar-refractivity contribution in [2.24, 2.45) is 4.99 Å². The molecule has 0 aromatic heterocycles. The number of carboxylic acids is 1. The molecular weight excluding hydrogens is 418 g/mol. The number of rotatable bonds is 1. The van der Waals surface area contributed by atoms with Crippen molar-refractivity contribution in [3.8, 4) is 0 Å². The molecule has 0 fully saturated rings. The number of aromatic carboxylic acids is 1. The van der Waals surface area contributed by atoms with Crippen LogP contribution in [0.3, 0.4) is 0 Å². The summed E-state index contributed by atoms with van der Waals surface area (Å²) in [6.07, 6.45) is 12.0. The molecule has 0 spiro atoms. The van der Waals surface area contributed by atoms with Crippen LogP contribution >= 0.6 is 0 Å². The van der Waals surface area contributed by atoms with Gasteiger partial charge < -0.3 is 5.11 Å². The molecular formula is C31H25NO2. The topological polar surface area (TPSA) is 49.7 Å². The third-order valence-electron chi connectivity index (χ3n) is 7.08. The van der Waals surface area contributed by atoms with Crippen molar-refractivity contribution in [2.45, 2.75) is 32.1 Å². The second-order valence-electron chi connectivity index (χ2n) is 9.07. The SMILES string of the molecule is O=C(O)c1cccc2c1N=C1CC=CC=C12.c1ccc2c(c1)ccc1c3c(ccc12)CCCC3. The highest BCUT2D eigenvalue weighted by Gasteiger charge is 2.25. The predicted octanol–water partition coefficient (Wildman–Crippen LogP) is 7.69. The van der Waals surface area contributed by atoms with E-state index in [-0.39, 0.29) is 5.56 Å². The van der Waals surface area contributed by atoms with Gasteiger partial charge in [0.05, 0.1) is 17.0 Å². The molecule has 3 aliphatic rings. The summed E-state index contributed by atoms with van der Waals surface area (Å²) < 4.78 is 0. The predicted molar refractivity (Wildman–Crippen MR) is 140 cm³/mol. The molecule has 4 aromatic carbocycles. The zero-order chi connectivity index (χ0) is 23.1. The molecule has 1 aliphatic heterocycles. The van der Waals surface area contributed by atoms with Gasteiger partial charge in [0.1, 0.15) is 0 Å². The van der Waals surface area contributed by atoms with Crippen molar-refractivity contribution in [3.63, 3.8) is 0 Å². The smallest absolute Gasteiger partial charge is 0.337 e. The first-order valence-electron chi connectivity index (χ1n) is 11.9. The van der Waals surface area contributed by atoms with Gasteiger partial charge in [-0.05, 0) is 64.4 Å². The number of benzene rings is 4. The molecule has 1 N–H and O–H groups in total. The van der Waals surface area contributed by atoms with Crippen LogP contribution in [-0.2, 0) is 12.8 Å². The maximum atomic E-state index is 11.1. The summed E-state index contributed by atoms with van der Waals surface area (Å²) >= 11 is 0. The average molecular weight is 444 g/mol. The second-order valence-corrected chi connectivity index (χ2v) is 9.07. The van der Waals surface area contributed by atoms with Crippen LogP contribution in [-0.4, -0.2) is 16.8 Å². The molecule has 166 valence electrons. The molecule has 1 heterocycles. The van der Waals surface area contributed by atoms with Crippen molar-refractivity contribution in [2.75, 3.05) is 0 Å². The van der Waals surface area contributed by atoms with E-state index < -0.39 is 5.97 Å². The Morgan fingerprint density at radius 3 is 2.59 bits per heavy atom. The fourth-order valence-corrected chi connectivity index (χ4v) is 5.43. The molecule has 34 heavy (non-hydrogen) atoms. The third-order valence-corrected chi connectivity index (χ3v) is 7.08. The van der Waals surface area contributed by atoms with Gasteiger partial charge in [-0.25, -0.2) is 4.79 Å². The summed E-state index contributed by atoms with van der Waals surface area (Å²) in [4.78, 5) is 15.5. The molecule has 7 rings (SSSR count). The van der Waals surface area contributed by atoms with Gasteiger partial charge in [-0.1, -0.05) is 78.9 Å². The van der Waals surface area contributed by atoms with E-state index >= 15 is 0 Å². The summed E-state index contributed by atoms with van der Waals surface area (Å²) in [6.45, 7) is 0. The van der Waals surface area contributed by atoms with Crippen molar-refractivity contribution in [1.29, 1.82) is 0 Å². The zero-order valence-electron chi connectivity index (χ0n) is 18.9. The molecule has 2 aliphatic carbocycles. The molecule has 3 nitrogen and oxygen atoms in total. The lowest BCUT2D eigenvalue weighted by atomic mass is 9.86. The van der Waals surface area contributed by atoms with Gasteiger partial charge in [0.25, 0.3) is 0 Å². The van der Waals surface area contributed by atoms with E-state index in [9.17, 15) is 4.79 Å². The van der Waals surface area contributed by atoms with Gasteiger partial charge >= 0.3 is 5.97 Å². The Bertz CT molecular complexity index is 1560. The van der Waals surface area contributed by atoms with Crippen LogP contribution in [0, 0.1) is 0 Å². The summed E-state index contributed by atoms with van der Waals surface area (Å²) in [5.41, 5.74) is 7.00. The lowest BCUT2D eigenvalue weighted by Crippen LogP contribution is -2.02. The van der Waals surface area contributed by atoms with E-state index in [0.29, 0.717) is 5.69 Å². The highest BCUT2D eigenvalue weighted by atomic mass is 16.4. The van der Waals surface area contributed by atoms with E-state index in [1.807, 2.05) is 24.3 Å². The second kappa shape index (κ2) is 8.42. The number of hydrogen-bond acceptors (Lipinski definition) is 2. The van der Waals surface area contributed by atoms with Gasteiger partial charge in [0.2, 0.25) is 0 Å². The van der Waals surface area contributed by atoms with Crippen molar-refractivity contribution >= 4 is 44.5 Å². The van der Waals surface area contributed by atoms with Crippen LogP contribution in [0.15, 0.2) is 90.0 Å². The van der Waals surface area contributed by atoms with Gasteiger partial charge in [0.15, 0.2) is 0 Å². The molecule has 0 atom stereocenters. The molecule has 0 amide bonds. The molecule has 0 unspecified atom stereocenters. The maximum Gasteiger partial charge on any atom is 0.337 e. The first kappa shape index (κ1) is 20.6. The normalized spacial score (nSPS) is 15.5. The van der Waals surface area contributed by atoms with Gasteiger partial charge in [-0.15, -0.1) is 0 Å². The molecule has 0 bridgehead atoms. The number of para-hydroxylation sites is 1. The minimum absolute atomic E-state index is 0.278. The highest BCUT2D eigenvalue weighted by molar-refractivity contribution is 6.31. The molecule has 0 saturated carbocycles. The van der Waals surface area contributed by atoms with Crippen LogP contribution < -0.4 is 0 Å². The molecule has 4 aromatic rings. The zero-order valence-corrected chi connectivity index (χ0v) is 18.9. The van der Waals surface area contributed by atoms with Gasteiger partial charge in [-0.2, -0.15) is 0 Å². The highest BCUT2D eigenvalue weighted by Crippen LogP contribution is 2.39. The van der Waals surface area contributed by atoms with Crippen LogP contribution in [0.5, 0.6) is 0 Å². The fourth-order valence-electron chi connectivity index (χ4n) is 5.43. The van der Waals surface area contributed by atoms with Gasteiger partial charge in [0, 0.05) is 17.6 Å². The molecule has 0 radical (unpaired) electrons. The Kier molecular flexibility index (Phi) is 5.10. The van der Waals surface area contributed by atoms with Gasteiger partial charge in [-0.3, -0.25) is 4.99 Å². The standard InChI is InChI=1S/C18H16.C13H9NO2/c1-3-7-15-13(5-1)9-11-18-16-8-4-2-6-14(16)10-12-17(15)18;15-13(16)10-6-3-5-9-8-4-1-2-7-11(8)14-12(9)10/h1,3,5,7,9-12H,2,4,6,8H2;1-6H,7H2,(H,15,16). The fraction of sp³-hybridized carbons (Fsp3) is 0.161. The lowest BCUT2D eigenvalue weighted by molar-refractivity contribution is 0.0698. The summed E-state index contributed by atoms with van der Waals surface area (Å²) in [5, 5.41) is 14.7. The summed E-state index contributed by atoms with van der Waals surface area (Å²) in [6, 6.07) is 23.2. The summed E-state index contributed by atoms with van der Waals surface area (Å²) in [5.74, 6) is -0.923. The van der Waals surface area contributed by atoms with Crippen LogP contribution in [0.4, 0.5) is 5.69 Å². The Morgan fingerprint density at radius 1 is 0.824 bits per heavy atom. The van der Waals surface area contributed by atoms with Crippen molar-refractivity contribution in [1.82, 2.24) is 0 Å². The Hall–Kier alpha value is -3.98. The van der Waals surface area contributed by atoms with E-state index in [4.69, 9.17) is 5.11 Å². The maximum absolute atomic E-state index is 11.1. The minimum atomic E-state index is -0.923. The van der Waals surface area contributed by atoms with E-state index in [0.717, 1.165) is 23.3 Å². The number of allylic oxidation sites excluding steroid dienone is 4. The quantitative estimate of drug-likeness (QED) is 0.307. The Balaban J connectivity index is 0.000000129. The molecule has 0 saturated heterocycles. The van der Waals surface area contributed by atoms with E-state index in [1.165, 1.54) is 47.2 Å². The van der Waals surface area contributed by atoms with Crippen LogP contribution in [0.25, 0.3) is 27.1 Å². The molecule has 3 heteroatoms. The first-order chi connectivity index (χ1) is 16.7. The Labute approximate surface area is 198 Å². The number of aliphatic imine (C=N–C) groups is 1. The van der Waals surface area contributed by atoms with Crippen LogP contribution in [0.2, 0.25) is 0 Å².